The molecular formula is C33H38N8O5S. The smallest absolute Gasteiger partial charge is 0.326 e. The quantitative estimate of drug-likeness (QED) is 0.0784. The van der Waals surface area contributed by atoms with Crippen molar-refractivity contribution in [1.29, 1.82) is 0 Å². The first-order valence-corrected chi connectivity index (χ1v) is 16.6. The number of nitrogens with one attached hydrogen (secondary N) is 6. The van der Waals surface area contributed by atoms with Crippen LogP contribution in [0, 0.1) is 0 Å². The van der Waals surface area contributed by atoms with E-state index in [9.17, 15) is 24.3 Å². The fraction of sp³-hybridized carbons (Fsp3) is 0.303. The number of imidazole rings is 1. The Morgan fingerprint density at radius 2 is 1.34 bits per heavy atom. The molecule has 246 valence electrons. The second-order valence-electron chi connectivity index (χ2n) is 11.3. The van der Waals surface area contributed by atoms with Crippen LogP contribution in [0.1, 0.15) is 23.2 Å². The Hall–Kier alpha value is -5.08. The van der Waals surface area contributed by atoms with Crippen LogP contribution in [0.5, 0.6) is 0 Å². The Morgan fingerprint density at radius 3 is 1.91 bits per heavy atom. The maximum atomic E-state index is 13.9. The average Bonchev–Trinajstić information content (AvgIpc) is 3.83. The molecule has 5 rings (SSSR count). The molecule has 0 fully saturated rings. The number of aromatic nitrogens is 4. The summed E-state index contributed by atoms with van der Waals surface area (Å²) < 4.78 is 0. The Labute approximate surface area is 274 Å². The summed E-state index contributed by atoms with van der Waals surface area (Å²) in [6, 6.07) is 10.7. The number of hydrogen-bond acceptors (Lipinski definition) is 7. The van der Waals surface area contributed by atoms with Crippen LogP contribution < -0.4 is 21.7 Å². The summed E-state index contributed by atoms with van der Waals surface area (Å²) in [4.78, 5) is 66.2. The molecule has 0 saturated heterocycles. The van der Waals surface area contributed by atoms with Gasteiger partial charge >= 0.3 is 5.97 Å². The second-order valence-corrected chi connectivity index (χ2v) is 12.3. The van der Waals surface area contributed by atoms with Gasteiger partial charge in [-0.15, -0.1) is 0 Å². The first-order chi connectivity index (χ1) is 22.7. The number of benzene rings is 2. The molecule has 3 heterocycles. The van der Waals surface area contributed by atoms with Gasteiger partial charge < -0.3 is 41.7 Å². The van der Waals surface area contributed by atoms with Crippen LogP contribution in [0.3, 0.4) is 0 Å². The van der Waals surface area contributed by atoms with E-state index >= 15 is 0 Å². The summed E-state index contributed by atoms with van der Waals surface area (Å²) in [7, 11) is 0. The van der Waals surface area contributed by atoms with Gasteiger partial charge in [0.05, 0.1) is 12.4 Å². The van der Waals surface area contributed by atoms with Crippen LogP contribution in [0.25, 0.3) is 21.8 Å². The van der Waals surface area contributed by atoms with Gasteiger partial charge in [-0.1, -0.05) is 36.4 Å². The van der Waals surface area contributed by atoms with E-state index in [2.05, 4.69) is 35.9 Å². The number of amides is 3. The Morgan fingerprint density at radius 1 is 0.787 bits per heavy atom. The van der Waals surface area contributed by atoms with Gasteiger partial charge in [-0.25, -0.2) is 9.78 Å². The van der Waals surface area contributed by atoms with E-state index in [4.69, 9.17) is 5.73 Å². The van der Waals surface area contributed by atoms with Gasteiger partial charge in [0.2, 0.25) is 17.7 Å². The lowest BCUT2D eigenvalue weighted by molar-refractivity contribution is -0.142. The summed E-state index contributed by atoms with van der Waals surface area (Å²) in [5.41, 5.74) is 10.0. The Bertz CT molecular complexity index is 1830. The number of aromatic amines is 3. The molecule has 0 radical (unpaired) electrons. The van der Waals surface area contributed by atoms with Gasteiger partial charge in [0.25, 0.3) is 0 Å². The maximum absolute atomic E-state index is 13.9. The van der Waals surface area contributed by atoms with Crippen molar-refractivity contribution in [3.8, 4) is 0 Å². The minimum Gasteiger partial charge on any atom is -0.480 e. The molecule has 0 bridgehead atoms. The molecule has 3 aromatic heterocycles. The largest absolute Gasteiger partial charge is 0.480 e. The number of para-hydroxylation sites is 2. The monoisotopic (exact) mass is 658 g/mol. The zero-order valence-electron chi connectivity index (χ0n) is 25.8. The fourth-order valence-corrected chi connectivity index (χ4v) is 5.98. The first kappa shape index (κ1) is 33.3. The molecular weight excluding hydrogens is 620 g/mol. The van der Waals surface area contributed by atoms with Crippen molar-refractivity contribution in [1.82, 2.24) is 35.9 Å². The predicted octanol–water partition coefficient (Wildman–Crippen LogP) is 2.02. The summed E-state index contributed by atoms with van der Waals surface area (Å²) in [5.74, 6) is -2.43. The third-order valence-electron chi connectivity index (χ3n) is 8.02. The number of nitrogens with zero attached hydrogens (tertiary/aromatic N) is 1. The zero-order chi connectivity index (χ0) is 33.3. The van der Waals surface area contributed by atoms with Crippen LogP contribution in [0.15, 0.2) is 73.4 Å². The summed E-state index contributed by atoms with van der Waals surface area (Å²) in [6.07, 6.45) is 9.02. The molecule has 0 saturated carbocycles. The van der Waals surface area contributed by atoms with Gasteiger partial charge in [-0.2, -0.15) is 11.8 Å². The molecule has 13 nitrogen and oxygen atoms in total. The molecule has 0 aliphatic carbocycles. The molecule has 2 aromatic carbocycles. The highest BCUT2D eigenvalue weighted by molar-refractivity contribution is 7.98. The highest BCUT2D eigenvalue weighted by Gasteiger charge is 2.31. The number of carboxylic acid groups (broad SMARTS) is 1. The molecule has 47 heavy (non-hydrogen) atoms. The number of thioether (sulfide) groups is 1. The SMILES string of the molecule is CSCCC(NC(=O)C(N)Cc1cnc[nH]1)C(=O)NC(Cc1c[nH]c2ccccc12)C(=O)NC(Cc1c[nH]c2ccccc12)C(=O)O. The number of aliphatic carboxylic acids is 1. The molecule has 14 heteroatoms. The molecule has 0 spiro atoms. The van der Waals surface area contributed by atoms with Crippen molar-refractivity contribution in [3.05, 3.63) is 90.3 Å². The third-order valence-corrected chi connectivity index (χ3v) is 8.66. The lowest BCUT2D eigenvalue weighted by Crippen LogP contribution is -2.58. The molecule has 3 amide bonds. The molecule has 4 unspecified atom stereocenters. The van der Waals surface area contributed by atoms with Crippen molar-refractivity contribution < 1.29 is 24.3 Å². The van der Waals surface area contributed by atoms with Gasteiger partial charge in [0, 0.05) is 65.4 Å². The number of fused-ring (bicyclic) bond motifs is 2. The van der Waals surface area contributed by atoms with Gasteiger partial charge in [0.15, 0.2) is 0 Å². The molecule has 0 aliphatic rings. The van der Waals surface area contributed by atoms with E-state index in [0.29, 0.717) is 11.4 Å². The van der Waals surface area contributed by atoms with E-state index in [1.54, 1.807) is 18.6 Å². The van der Waals surface area contributed by atoms with Gasteiger partial charge in [0.1, 0.15) is 18.1 Å². The van der Waals surface area contributed by atoms with E-state index in [1.165, 1.54) is 18.1 Å². The minimum atomic E-state index is -1.27. The third kappa shape index (κ3) is 8.40. The molecule has 4 atom stereocenters. The van der Waals surface area contributed by atoms with Crippen LogP contribution in [-0.4, -0.2) is 84.9 Å². The number of nitrogens with two attached hydrogens (primary N) is 1. The van der Waals surface area contributed by atoms with Crippen molar-refractivity contribution in [2.24, 2.45) is 5.73 Å². The number of carbonyl (C=O) groups is 4. The van der Waals surface area contributed by atoms with Crippen LogP contribution >= 0.6 is 11.8 Å². The first-order valence-electron chi connectivity index (χ1n) is 15.2. The van der Waals surface area contributed by atoms with E-state index < -0.39 is 47.9 Å². The Balaban J connectivity index is 1.36. The van der Waals surface area contributed by atoms with Crippen molar-refractivity contribution in [2.75, 3.05) is 12.0 Å². The van der Waals surface area contributed by atoms with Crippen molar-refractivity contribution in [3.63, 3.8) is 0 Å². The lowest BCUT2D eigenvalue weighted by atomic mass is 10.0. The van der Waals surface area contributed by atoms with E-state index in [0.717, 1.165) is 32.9 Å². The summed E-state index contributed by atoms with van der Waals surface area (Å²) >= 11 is 1.50. The fourth-order valence-electron chi connectivity index (χ4n) is 5.50. The second kappa shape index (κ2) is 15.5. The zero-order valence-corrected chi connectivity index (χ0v) is 26.6. The van der Waals surface area contributed by atoms with Crippen LogP contribution in [-0.2, 0) is 38.4 Å². The maximum Gasteiger partial charge on any atom is 0.326 e. The Kier molecular flexibility index (Phi) is 11.0. The highest BCUT2D eigenvalue weighted by Crippen LogP contribution is 2.21. The minimum absolute atomic E-state index is 0.0272. The number of H-pyrrole nitrogens is 3. The van der Waals surface area contributed by atoms with E-state index in [1.807, 2.05) is 54.8 Å². The molecule has 0 aliphatic heterocycles. The van der Waals surface area contributed by atoms with Gasteiger partial charge in [-0.3, -0.25) is 14.4 Å². The lowest BCUT2D eigenvalue weighted by Gasteiger charge is -2.25. The molecule has 5 aromatic rings. The number of hydrogen-bond donors (Lipinski definition) is 8. The standard InChI is InChI=1S/C33H38N8O5S/c1-47-11-10-27(39-30(42)24(34)14-21-17-35-18-38-21)31(43)40-28(12-19-15-36-25-8-4-2-6-22(19)25)32(44)41-29(33(45)46)13-20-16-37-26-9-5-3-7-23(20)26/h2-9,15-18,24,27-29,36-37H,10-14,34H2,1H3,(H,35,38)(H,39,42)(H,40,43)(H,41,44)(H,45,46). The number of carboxylic acids is 1. The van der Waals surface area contributed by atoms with Crippen molar-refractivity contribution >= 4 is 57.3 Å². The van der Waals surface area contributed by atoms with Crippen LogP contribution in [0.4, 0.5) is 0 Å². The topological polar surface area (TPSA) is 211 Å². The average molecular weight is 659 g/mol. The van der Waals surface area contributed by atoms with Crippen molar-refractivity contribution in [2.45, 2.75) is 49.9 Å². The highest BCUT2D eigenvalue weighted by atomic mass is 32.2. The predicted molar refractivity (Wildman–Crippen MR) is 181 cm³/mol. The summed E-state index contributed by atoms with van der Waals surface area (Å²) in [5, 5.41) is 20.0. The van der Waals surface area contributed by atoms with Gasteiger partial charge in [-0.05, 0) is 41.7 Å². The number of rotatable bonds is 16. The summed E-state index contributed by atoms with van der Waals surface area (Å²) in [6.45, 7) is 0. The van der Waals surface area contributed by atoms with E-state index in [-0.39, 0.29) is 25.7 Å². The molecule has 9 N–H and O–H groups in total. The number of carbonyl (C=O) groups excluding carboxylic acids is 3. The normalized spacial score (nSPS) is 13.9. The van der Waals surface area contributed by atoms with Crippen LogP contribution in [0.2, 0.25) is 0 Å².